The van der Waals surface area contributed by atoms with Crippen molar-refractivity contribution in [2.45, 2.75) is 40.8 Å². The van der Waals surface area contributed by atoms with Crippen LogP contribution in [0.3, 0.4) is 0 Å². The van der Waals surface area contributed by atoms with E-state index in [-0.39, 0.29) is 41.4 Å². The average molecular weight is 991 g/mol. The average Bonchev–Trinajstić information content (AvgIpc) is 3.78. The van der Waals surface area contributed by atoms with Crippen molar-refractivity contribution in [2.24, 2.45) is 0 Å². The number of rotatable bonds is 8. The third kappa shape index (κ3) is 16.1. The molecule has 0 aliphatic carbocycles. The fourth-order valence-corrected chi connectivity index (χ4v) is 5.54. The van der Waals surface area contributed by atoms with Crippen LogP contribution in [0.1, 0.15) is 48.4 Å². The molecule has 3 aromatic heterocycles. The zero-order valence-corrected chi connectivity index (χ0v) is 37.4. The third-order valence-electron chi connectivity index (χ3n) is 7.72. The van der Waals surface area contributed by atoms with Gasteiger partial charge in [0, 0.05) is 25.2 Å². The van der Waals surface area contributed by atoms with E-state index in [9.17, 15) is 14.4 Å². The molecule has 0 unspecified atom stereocenters. The summed E-state index contributed by atoms with van der Waals surface area (Å²) in [4.78, 5) is 74.3. The summed E-state index contributed by atoms with van der Waals surface area (Å²) in [6.07, 6.45) is 0. The molecule has 0 fully saturated rings. The van der Waals surface area contributed by atoms with Crippen LogP contribution in [0.15, 0.2) is 115 Å². The van der Waals surface area contributed by atoms with Gasteiger partial charge in [0.1, 0.15) is 28.7 Å². The largest absolute Gasteiger partial charge is 3.00 e. The Morgan fingerprint density at radius 1 is 0.524 bits per heavy atom. The zero-order chi connectivity index (χ0) is 45.9. The summed E-state index contributed by atoms with van der Waals surface area (Å²) in [7, 11) is 0. The maximum absolute atomic E-state index is 12.6. The summed E-state index contributed by atoms with van der Waals surface area (Å²) in [6, 6.07) is 34.5. The molecule has 63 heavy (non-hydrogen) atoms. The quantitative estimate of drug-likeness (QED) is 0.0616. The van der Waals surface area contributed by atoms with Gasteiger partial charge in [0.05, 0.1) is 48.5 Å². The Labute approximate surface area is 384 Å². The molecule has 0 aliphatic rings. The fourth-order valence-electron chi connectivity index (χ4n) is 5.54. The van der Waals surface area contributed by atoms with E-state index in [1.54, 1.807) is 72.8 Å². The summed E-state index contributed by atoms with van der Waals surface area (Å²) in [5, 5.41) is 44.2. The van der Waals surface area contributed by atoms with Crippen molar-refractivity contribution in [3.05, 3.63) is 172 Å². The molecule has 4 aromatic carbocycles. The first-order valence-electron chi connectivity index (χ1n) is 17.9. The molecular formula is C40H35LaN8O14. The van der Waals surface area contributed by atoms with E-state index in [4.69, 9.17) is 70.4 Å². The number of hydrogen-bond donors (Lipinski definition) is 0. The normalized spacial score (nSPS) is 9.71. The van der Waals surface area contributed by atoms with Crippen molar-refractivity contribution in [3.63, 3.8) is 0 Å². The molecule has 0 spiro atoms. The van der Waals surface area contributed by atoms with Crippen LogP contribution >= 0.6 is 0 Å². The molecule has 322 valence electrons. The first kappa shape index (κ1) is 51.5. The molecule has 22 nitrogen and oxygen atoms in total. The zero-order valence-electron chi connectivity index (χ0n) is 33.8. The Hall–Kier alpha value is -7.63. The number of Topliss-reactive ketones (excluding diaryl/α,β-unsaturated/α-hetero) is 1. The van der Waals surface area contributed by atoms with E-state index >= 15 is 0 Å². The minimum atomic E-state index is -1.75. The SMILES string of the molecule is CC(C)=O.CCn1c(-c2cccc(-c3nc4cc(OC(=O)c5ccccc5)ccc4n3CC)n2)nc2cc(OC(=O)c3ccccc3)ccc21.O=[N+]([O-])[O-].O=[N+]([O-])[O-].O=[N+]([O-])[O-].[La+3]. The number of ketones is 1. The first-order valence-corrected chi connectivity index (χ1v) is 17.9. The van der Waals surface area contributed by atoms with Gasteiger partial charge >= 0.3 is 47.5 Å². The number of hydrogen-bond acceptors (Lipinski definition) is 17. The van der Waals surface area contributed by atoms with Gasteiger partial charge in [-0.2, -0.15) is 0 Å². The van der Waals surface area contributed by atoms with E-state index in [1.165, 1.54) is 13.8 Å². The summed E-state index contributed by atoms with van der Waals surface area (Å²) in [6.45, 7) is 8.49. The van der Waals surface area contributed by atoms with Crippen molar-refractivity contribution >= 4 is 39.8 Å². The van der Waals surface area contributed by atoms with Crippen molar-refractivity contribution in [1.82, 2.24) is 24.1 Å². The van der Waals surface area contributed by atoms with Crippen LogP contribution in [0, 0.1) is 81.6 Å². The second-order valence-corrected chi connectivity index (χ2v) is 12.2. The smallest absolute Gasteiger partial charge is 0.423 e. The Kier molecular flexibility index (Phi) is 20.6. The van der Waals surface area contributed by atoms with Gasteiger partial charge < -0.3 is 69.4 Å². The van der Waals surface area contributed by atoms with E-state index < -0.39 is 27.2 Å². The number of benzene rings is 4. The van der Waals surface area contributed by atoms with Gasteiger partial charge in [-0.05, 0) is 88.4 Å². The monoisotopic (exact) mass is 990 g/mol. The second kappa shape index (κ2) is 25.2. The standard InChI is InChI=1S/C37H29N5O4.C3H6O.La.3NO3/c1-3-41-32-20-18-26(45-36(43)24-12-7-5-8-13-24)22-30(32)39-34(41)28-16-11-17-29(38-28)35-40-31-23-27(19-21-33(31)42(35)4-2)46-37(44)25-14-9-6-10-15-25;1-3(2)4;;3*2-1(3)4/h5-23H,3-4H2,1-2H3;1-2H3;;;;/q;;+3;3*-1. The number of carbonyl (C=O) groups excluding carboxylic acids is 3. The molecule has 0 radical (unpaired) electrons. The predicted octanol–water partition coefficient (Wildman–Crippen LogP) is 7.47. The predicted molar refractivity (Wildman–Crippen MR) is 223 cm³/mol. The molecule has 0 saturated carbocycles. The molecule has 7 aromatic rings. The topological polar surface area (TPSA) is 317 Å². The van der Waals surface area contributed by atoms with Crippen LogP contribution in [0.2, 0.25) is 0 Å². The van der Waals surface area contributed by atoms with E-state index in [0.29, 0.717) is 69.8 Å². The van der Waals surface area contributed by atoms with E-state index in [2.05, 4.69) is 23.0 Å². The van der Waals surface area contributed by atoms with Gasteiger partial charge in [0.25, 0.3) is 0 Å². The van der Waals surface area contributed by atoms with Crippen LogP contribution in [0.4, 0.5) is 0 Å². The number of nitrogens with zero attached hydrogens (tertiary/aromatic N) is 8. The molecule has 0 N–H and O–H groups in total. The summed E-state index contributed by atoms with van der Waals surface area (Å²) < 4.78 is 15.4. The van der Waals surface area contributed by atoms with Crippen LogP contribution in [0.5, 0.6) is 11.5 Å². The number of imidazole rings is 2. The molecule has 0 saturated heterocycles. The van der Waals surface area contributed by atoms with Crippen molar-refractivity contribution in [3.8, 4) is 34.5 Å². The third-order valence-corrected chi connectivity index (χ3v) is 7.72. The summed E-state index contributed by atoms with van der Waals surface area (Å²) in [5.74, 6) is 1.54. The van der Waals surface area contributed by atoms with Crippen LogP contribution in [-0.4, -0.2) is 57.1 Å². The van der Waals surface area contributed by atoms with Crippen LogP contribution < -0.4 is 9.47 Å². The summed E-state index contributed by atoms with van der Waals surface area (Å²) in [5.41, 5.74) is 5.53. The minimum Gasteiger partial charge on any atom is -0.423 e. The fraction of sp³-hybridized carbons (Fsp3) is 0.150. The molecule has 0 aliphatic heterocycles. The van der Waals surface area contributed by atoms with Gasteiger partial charge in [-0.25, -0.2) is 24.5 Å². The van der Waals surface area contributed by atoms with Gasteiger partial charge in [0.15, 0.2) is 11.6 Å². The minimum absolute atomic E-state index is 0. The molecule has 0 bridgehead atoms. The molecule has 0 atom stereocenters. The summed E-state index contributed by atoms with van der Waals surface area (Å²) >= 11 is 0. The first-order chi connectivity index (χ1) is 29.4. The Morgan fingerprint density at radius 3 is 1.14 bits per heavy atom. The van der Waals surface area contributed by atoms with Crippen molar-refractivity contribution < 1.29 is 74.7 Å². The molecule has 23 heteroatoms. The number of aryl methyl sites for hydroxylation is 2. The van der Waals surface area contributed by atoms with E-state index in [0.717, 1.165) is 11.0 Å². The number of fused-ring (bicyclic) bond motifs is 2. The van der Waals surface area contributed by atoms with E-state index in [1.807, 2.05) is 42.5 Å². The van der Waals surface area contributed by atoms with Gasteiger partial charge in [-0.1, -0.05) is 42.5 Å². The Morgan fingerprint density at radius 2 is 0.841 bits per heavy atom. The van der Waals surface area contributed by atoms with Gasteiger partial charge in [0.2, 0.25) is 0 Å². The van der Waals surface area contributed by atoms with Crippen molar-refractivity contribution in [2.75, 3.05) is 0 Å². The van der Waals surface area contributed by atoms with Gasteiger partial charge in [-0.15, -0.1) is 0 Å². The number of carbonyl (C=O) groups is 3. The van der Waals surface area contributed by atoms with Crippen molar-refractivity contribution in [1.29, 1.82) is 0 Å². The number of ether oxygens (including phenoxy) is 2. The maximum atomic E-state index is 12.6. The van der Waals surface area contributed by atoms with Crippen LogP contribution in [0.25, 0.3) is 45.1 Å². The Bertz CT molecular complexity index is 2460. The molecule has 3 heterocycles. The molecule has 7 rings (SSSR count). The number of esters is 2. The number of aromatic nitrogens is 5. The van der Waals surface area contributed by atoms with Crippen LogP contribution in [-0.2, 0) is 17.9 Å². The molecular weight excluding hydrogens is 955 g/mol. The van der Waals surface area contributed by atoms with Gasteiger partial charge in [-0.3, -0.25) is 0 Å². The maximum Gasteiger partial charge on any atom is 3.00 e. The number of pyridine rings is 1. The Balaban J connectivity index is 0.000000696. The molecule has 0 amide bonds. The second-order valence-electron chi connectivity index (χ2n) is 12.2.